The fourth-order valence-corrected chi connectivity index (χ4v) is 2.22. The van der Waals surface area contributed by atoms with E-state index >= 15 is 0 Å². The second kappa shape index (κ2) is 6.58. The van der Waals surface area contributed by atoms with Crippen LogP contribution < -0.4 is 9.64 Å². The van der Waals surface area contributed by atoms with Crippen LogP contribution in [-0.2, 0) is 14.3 Å². The maximum atomic E-state index is 12.3. The van der Waals surface area contributed by atoms with Crippen LogP contribution in [0.2, 0.25) is 0 Å². The second-order valence-corrected chi connectivity index (χ2v) is 4.95. The van der Waals surface area contributed by atoms with Gasteiger partial charge in [0.2, 0.25) is 0 Å². The zero-order valence-electron chi connectivity index (χ0n) is 12.5. The quantitative estimate of drug-likeness (QED) is 0.765. The SMILES string of the molecule is CCOC(=O)CN(C)CN1C(=O)C(C)Oc2ccccc21. The Kier molecular flexibility index (Phi) is 4.80. The maximum Gasteiger partial charge on any atom is 0.320 e. The minimum Gasteiger partial charge on any atom is -0.479 e. The smallest absolute Gasteiger partial charge is 0.320 e. The molecule has 0 N–H and O–H groups in total. The molecule has 0 aromatic heterocycles. The van der Waals surface area contributed by atoms with Crippen LogP contribution in [0.25, 0.3) is 0 Å². The van der Waals surface area contributed by atoms with Gasteiger partial charge in [-0.15, -0.1) is 0 Å². The van der Waals surface area contributed by atoms with Crippen molar-refractivity contribution in [2.45, 2.75) is 20.0 Å². The lowest BCUT2D eigenvalue weighted by Gasteiger charge is -2.35. The third-order valence-electron chi connectivity index (χ3n) is 3.16. The third-order valence-corrected chi connectivity index (χ3v) is 3.16. The summed E-state index contributed by atoms with van der Waals surface area (Å²) in [5, 5.41) is 0. The molecule has 6 heteroatoms. The van der Waals surface area contributed by atoms with Gasteiger partial charge in [0.05, 0.1) is 25.5 Å². The molecule has 114 valence electrons. The molecule has 0 fully saturated rings. The van der Waals surface area contributed by atoms with Gasteiger partial charge >= 0.3 is 5.97 Å². The Balaban J connectivity index is 2.11. The lowest BCUT2D eigenvalue weighted by molar-refractivity contribution is -0.144. The van der Waals surface area contributed by atoms with E-state index in [2.05, 4.69) is 0 Å². The number of nitrogens with zero attached hydrogens (tertiary/aromatic N) is 2. The standard InChI is InChI=1S/C15H20N2O4/c1-4-20-14(18)9-16(3)10-17-12-7-5-6-8-13(12)21-11(2)15(17)19/h5-8,11H,4,9-10H2,1-3H3. The van der Waals surface area contributed by atoms with E-state index in [1.54, 1.807) is 30.7 Å². The molecule has 1 atom stereocenters. The first-order valence-corrected chi connectivity index (χ1v) is 6.94. The Morgan fingerprint density at radius 2 is 2.14 bits per heavy atom. The highest BCUT2D eigenvalue weighted by atomic mass is 16.5. The number of hydrogen-bond donors (Lipinski definition) is 0. The van der Waals surface area contributed by atoms with Gasteiger partial charge in [-0.3, -0.25) is 19.4 Å². The van der Waals surface area contributed by atoms with E-state index in [9.17, 15) is 9.59 Å². The fraction of sp³-hybridized carbons (Fsp3) is 0.467. The average Bonchev–Trinajstić information content (AvgIpc) is 2.44. The lowest BCUT2D eigenvalue weighted by Crippen LogP contribution is -2.49. The highest BCUT2D eigenvalue weighted by Gasteiger charge is 2.31. The van der Waals surface area contributed by atoms with Gasteiger partial charge in [0.25, 0.3) is 5.91 Å². The zero-order valence-corrected chi connectivity index (χ0v) is 12.5. The topological polar surface area (TPSA) is 59.1 Å². The van der Waals surface area contributed by atoms with E-state index in [0.29, 0.717) is 19.0 Å². The summed E-state index contributed by atoms with van der Waals surface area (Å²) in [6, 6.07) is 7.37. The molecule has 1 aromatic rings. The monoisotopic (exact) mass is 292 g/mol. The summed E-state index contributed by atoms with van der Waals surface area (Å²) in [6.07, 6.45) is -0.532. The van der Waals surface area contributed by atoms with Crippen LogP contribution in [0, 0.1) is 0 Å². The van der Waals surface area contributed by atoms with Gasteiger partial charge in [0.15, 0.2) is 6.10 Å². The van der Waals surface area contributed by atoms with Crippen LogP contribution in [0.15, 0.2) is 24.3 Å². The first-order chi connectivity index (χ1) is 10.0. The Hall–Kier alpha value is -2.08. The first kappa shape index (κ1) is 15.3. The fourth-order valence-electron chi connectivity index (χ4n) is 2.22. The summed E-state index contributed by atoms with van der Waals surface area (Å²) in [4.78, 5) is 27.2. The number of carbonyl (C=O) groups excluding carboxylic acids is 2. The Morgan fingerprint density at radius 3 is 2.86 bits per heavy atom. The molecule has 0 saturated carbocycles. The summed E-state index contributed by atoms with van der Waals surface area (Å²) in [6.45, 7) is 4.28. The van der Waals surface area contributed by atoms with Crippen molar-refractivity contribution < 1.29 is 19.1 Å². The molecular formula is C15H20N2O4. The number of amides is 1. The van der Waals surface area contributed by atoms with Crippen molar-refractivity contribution >= 4 is 17.6 Å². The number of likely N-dealkylation sites (N-methyl/N-ethyl adjacent to an activating group) is 1. The average molecular weight is 292 g/mol. The van der Waals surface area contributed by atoms with Gasteiger partial charge in [0, 0.05) is 0 Å². The molecule has 0 radical (unpaired) electrons. The van der Waals surface area contributed by atoms with Gasteiger partial charge in [-0.25, -0.2) is 0 Å². The summed E-state index contributed by atoms with van der Waals surface area (Å²) in [5.74, 6) is 0.251. The largest absolute Gasteiger partial charge is 0.479 e. The number of hydrogen-bond acceptors (Lipinski definition) is 5. The van der Waals surface area contributed by atoms with E-state index in [4.69, 9.17) is 9.47 Å². The Morgan fingerprint density at radius 1 is 1.43 bits per heavy atom. The highest BCUT2D eigenvalue weighted by molar-refractivity contribution is 5.99. The van der Waals surface area contributed by atoms with Crippen molar-refractivity contribution in [3.05, 3.63) is 24.3 Å². The van der Waals surface area contributed by atoms with Gasteiger partial charge in [-0.1, -0.05) is 12.1 Å². The van der Waals surface area contributed by atoms with Crippen molar-refractivity contribution in [2.75, 3.05) is 31.8 Å². The predicted molar refractivity (Wildman–Crippen MR) is 78.1 cm³/mol. The molecule has 1 aromatic carbocycles. The Labute approximate surface area is 124 Å². The highest BCUT2D eigenvalue weighted by Crippen LogP contribution is 2.33. The van der Waals surface area contributed by atoms with Gasteiger partial charge in [-0.2, -0.15) is 0 Å². The van der Waals surface area contributed by atoms with E-state index in [1.807, 2.05) is 24.3 Å². The maximum absolute atomic E-state index is 12.3. The normalized spacial score (nSPS) is 17.4. The van der Waals surface area contributed by atoms with Gasteiger partial charge < -0.3 is 9.47 Å². The number of ether oxygens (including phenoxy) is 2. The second-order valence-electron chi connectivity index (χ2n) is 4.95. The van der Waals surface area contributed by atoms with Crippen LogP contribution >= 0.6 is 0 Å². The minimum atomic E-state index is -0.532. The van der Waals surface area contributed by atoms with E-state index in [1.165, 1.54) is 0 Å². The van der Waals surface area contributed by atoms with Crippen LogP contribution in [0.1, 0.15) is 13.8 Å². The van der Waals surface area contributed by atoms with Crippen molar-refractivity contribution in [1.82, 2.24) is 4.90 Å². The zero-order chi connectivity index (χ0) is 15.4. The molecule has 21 heavy (non-hydrogen) atoms. The minimum absolute atomic E-state index is 0.121. The lowest BCUT2D eigenvalue weighted by atomic mass is 10.2. The van der Waals surface area contributed by atoms with E-state index < -0.39 is 6.10 Å². The van der Waals surface area contributed by atoms with Crippen LogP contribution in [0.3, 0.4) is 0 Å². The summed E-state index contributed by atoms with van der Waals surface area (Å²) >= 11 is 0. The summed E-state index contributed by atoms with van der Waals surface area (Å²) in [7, 11) is 1.77. The van der Waals surface area contributed by atoms with Crippen LogP contribution in [0.4, 0.5) is 5.69 Å². The molecule has 2 rings (SSSR count). The number of para-hydroxylation sites is 2. The molecule has 1 aliphatic heterocycles. The van der Waals surface area contributed by atoms with Gasteiger partial charge in [0.1, 0.15) is 5.75 Å². The number of fused-ring (bicyclic) bond motifs is 1. The molecule has 1 aliphatic rings. The molecule has 0 bridgehead atoms. The van der Waals surface area contributed by atoms with E-state index in [-0.39, 0.29) is 18.4 Å². The molecular weight excluding hydrogens is 272 g/mol. The molecule has 1 amide bonds. The van der Waals surface area contributed by atoms with Crippen molar-refractivity contribution in [3.8, 4) is 5.75 Å². The third kappa shape index (κ3) is 3.52. The summed E-state index contributed by atoms with van der Waals surface area (Å²) in [5.41, 5.74) is 0.719. The molecule has 0 saturated heterocycles. The van der Waals surface area contributed by atoms with Crippen molar-refractivity contribution in [1.29, 1.82) is 0 Å². The molecule has 1 heterocycles. The number of anilines is 1. The molecule has 6 nitrogen and oxygen atoms in total. The number of benzene rings is 1. The van der Waals surface area contributed by atoms with Crippen molar-refractivity contribution in [2.24, 2.45) is 0 Å². The predicted octanol–water partition coefficient (Wildman–Crippen LogP) is 1.25. The first-order valence-electron chi connectivity index (χ1n) is 6.94. The van der Waals surface area contributed by atoms with Crippen molar-refractivity contribution in [3.63, 3.8) is 0 Å². The van der Waals surface area contributed by atoms with Crippen LogP contribution in [-0.4, -0.2) is 49.7 Å². The number of rotatable bonds is 5. The number of carbonyl (C=O) groups is 2. The molecule has 1 unspecified atom stereocenters. The Bertz CT molecular complexity index is 532. The molecule has 0 spiro atoms. The van der Waals surface area contributed by atoms with Gasteiger partial charge in [-0.05, 0) is 33.0 Å². The number of esters is 1. The molecule has 0 aliphatic carbocycles. The van der Waals surface area contributed by atoms with E-state index in [0.717, 1.165) is 5.69 Å². The summed E-state index contributed by atoms with van der Waals surface area (Å²) < 4.78 is 10.5. The van der Waals surface area contributed by atoms with Crippen LogP contribution in [0.5, 0.6) is 5.75 Å².